The van der Waals surface area contributed by atoms with Gasteiger partial charge in [-0.3, -0.25) is 9.59 Å². The number of morpholine rings is 1. The van der Waals surface area contributed by atoms with E-state index in [0.29, 0.717) is 44.0 Å². The molecule has 1 spiro atoms. The Balaban J connectivity index is 1.30. The molecule has 0 saturated carbocycles. The van der Waals surface area contributed by atoms with E-state index in [0.717, 1.165) is 38.1 Å². The molecule has 2 amide bonds. The molecule has 1 aromatic heterocycles. The fraction of sp³-hybridized carbons (Fsp3) is 0.538. The van der Waals surface area contributed by atoms with Crippen molar-refractivity contribution in [3.8, 4) is 0 Å². The summed E-state index contributed by atoms with van der Waals surface area (Å²) >= 11 is 0. The second-order valence-corrected chi connectivity index (χ2v) is 9.59. The molecule has 1 aromatic carbocycles. The zero-order valence-electron chi connectivity index (χ0n) is 19.1. The summed E-state index contributed by atoms with van der Waals surface area (Å²) in [6.45, 7) is 7.87. The minimum Gasteiger partial charge on any atom is -0.466 e. The van der Waals surface area contributed by atoms with Crippen LogP contribution in [0.3, 0.4) is 0 Å². The van der Waals surface area contributed by atoms with E-state index in [1.807, 2.05) is 29.7 Å². The van der Waals surface area contributed by atoms with Gasteiger partial charge >= 0.3 is 0 Å². The first-order valence-electron chi connectivity index (χ1n) is 11.8. The minimum atomic E-state index is 0.0602. The lowest BCUT2D eigenvalue weighted by molar-refractivity contribution is -0.135. The van der Waals surface area contributed by atoms with Crippen LogP contribution in [-0.4, -0.2) is 61.0 Å². The molecule has 0 bridgehead atoms. The molecular weight excluding hydrogens is 404 g/mol. The summed E-state index contributed by atoms with van der Waals surface area (Å²) in [5.74, 6) is 2.03. The summed E-state index contributed by atoms with van der Waals surface area (Å²) in [5.41, 5.74) is 3.46. The maximum Gasteiger partial charge on any atom is 0.257 e. The Kier molecular flexibility index (Phi) is 5.58. The van der Waals surface area contributed by atoms with Crippen LogP contribution in [0.25, 0.3) is 0 Å². The van der Waals surface area contributed by atoms with Crippen LogP contribution >= 0.6 is 0 Å². The molecule has 2 saturated heterocycles. The van der Waals surface area contributed by atoms with Crippen molar-refractivity contribution in [2.75, 3.05) is 39.4 Å². The van der Waals surface area contributed by atoms with Gasteiger partial charge in [0.1, 0.15) is 11.5 Å². The van der Waals surface area contributed by atoms with E-state index in [2.05, 4.69) is 24.3 Å². The molecule has 0 N–H and O–H groups in total. The number of hydrogen-bond acceptors (Lipinski definition) is 4. The van der Waals surface area contributed by atoms with Gasteiger partial charge in [-0.05, 0) is 61.6 Å². The Morgan fingerprint density at radius 1 is 1.03 bits per heavy atom. The largest absolute Gasteiger partial charge is 0.466 e. The number of piperidine rings is 1. The number of furan rings is 1. The Labute approximate surface area is 189 Å². The fourth-order valence-corrected chi connectivity index (χ4v) is 5.99. The van der Waals surface area contributed by atoms with Gasteiger partial charge in [-0.2, -0.15) is 0 Å². The van der Waals surface area contributed by atoms with Gasteiger partial charge < -0.3 is 19.0 Å². The topological polar surface area (TPSA) is 63.0 Å². The zero-order valence-corrected chi connectivity index (χ0v) is 19.1. The van der Waals surface area contributed by atoms with Crippen LogP contribution in [0.2, 0.25) is 0 Å². The molecule has 6 nitrogen and oxygen atoms in total. The Bertz CT molecular complexity index is 1010. The highest BCUT2D eigenvalue weighted by atomic mass is 16.5. The van der Waals surface area contributed by atoms with Crippen LogP contribution in [0.4, 0.5) is 0 Å². The number of benzene rings is 1. The van der Waals surface area contributed by atoms with Gasteiger partial charge in [0.2, 0.25) is 5.91 Å². The van der Waals surface area contributed by atoms with Crippen molar-refractivity contribution in [1.29, 1.82) is 0 Å². The number of fused-ring (bicyclic) bond motifs is 2. The second-order valence-electron chi connectivity index (χ2n) is 9.59. The average molecular weight is 437 g/mol. The summed E-state index contributed by atoms with van der Waals surface area (Å²) in [4.78, 5) is 30.0. The van der Waals surface area contributed by atoms with Crippen LogP contribution in [0.5, 0.6) is 0 Å². The third-order valence-corrected chi connectivity index (χ3v) is 7.67. The maximum atomic E-state index is 13.1. The molecule has 2 aromatic rings. The first-order valence-corrected chi connectivity index (χ1v) is 11.8. The summed E-state index contributed by atoms with van der Waals surface area (Å²) in [6.07, 6.45) is 3.44. The van der Waals surface area contributed by atoms with Gasteiger partial charge in [0.15, 0.2) is 0 Å². The summed E-state index contributed by atoms with van der Waals surface area (Å²) in [5, 5.41) is 0. The molecule has 3 aliphatic rings. The van der Waals surface area contributed by atoms with Crippen LogP contribution in [-0.2, 0) is 14.9 Å². The van der Waals surface area contributed by atoms with Crippen molar-refractivity contribution < 1.29 is 18.7 Å². The SMILES string of the molecule is Cc1cc(C(=O)N2CCC3(CC2)C[C@@H](CC(=O)N2CCOCC2)c2ccccc23)c(C)o1. The zero-order chi connectivity index (χ0) is 22.3. The molecule has 0 unspecified atom stereocenters. The number of amides is 2. The Morgan fingerprint density at radius 2 is 1.75 bits per heavy atom. The lowest BCUT2D eigenvalue weighted by atomic mass is 9.73. The lowest BCUT2D eigenvalue weighted by Crippen LogP contribution is -2.44. The Hall–Kier alpha value is -2.60. The molecular formula is C26H32N2O4. The highest BCUT2D eigenvalue weighted by molar-refractivity contribution is 5.95. The highest BCUT2D eigenvalue weighted by Crippen LogP contribution is 2.52. The van der Waals surface area contributed by atoms with Gasteiger partial charge in [0.05, 0.1) is 18.8 Å². The molecule has 6 heteroatoms. The first-order chi connectivity index (χ1) is 15.5. The standard InChI is InChI=1S/C26H32N2O4/c1-18-15-22(19(2)32-18)25(30)28-9-7-26(8-10-28)17-20(21-5-3-4-6-23(21)26)16-24(29)27-11-13-31-14-12-27/h3-6,15,20H,7-14,16-17H2,1-2H3/t20-/m1/s1. The van der Waals surface area contributed by atoms with E-state index < -0.39 is 0 Å². The number of carbonyl (C=O) groups is 2. The van der Waals surface area contributed by atoms with Crippen LogP contribution in [0.1, 0.15) is 64.6 Å². The van der Waals surface area contributed by atoms with Crippen molar-refractivity contribution in [2.24, 2.45) is 0 Å². The summed E-state index contributed by atoms with van der Waals surface area (Å²) in [7, 11) is 0. The van der Waals surface area contributed by atoms with Crippen molar-refractivity contribution in [2.45, 2.75) is 50.9 Å². The van der Waals surface area contributed by atoms with Gasteiger partial charge in [-0.1, -0.05) is 24.3 Å². The van der Waals surface area contributed by atoms with E-state index in [-0.39, 0.29) is 23.1 Å². The van der Waals surface area contributed by atoms with E-state index in [1.54, 1.807) is 0 Å². The molecule has 5 rings (SSSR count). The molecule has 2 fully saturated rings. The summed E-state index contributed by atoms with van der Waals surface area (Å²) in [6, 6.07) is 10.5. The number of nitrogens with zero attached hydrogens (tertiary/aromatic N) is 2. The predicted molar refractivity (Wildman–Crippen MR) is 121 cm³/mol. The van der Waals surface area contributed by atoms with Gasteiger partial charge in [0.25, 0.3) is 5.91 Å². The minimum absolute atomic E-state index is 0.0602. The van der Waals surface area contributed by atoms with E-state index in [1.165, 1.54) is 11.1 Å². The number of aryl methyl sites for hydroxylation is 2. The quantitative estimate of drug-likeness (QED) is 0.734. The third kappa shape index (κ3) is 3.75. The average Bonchev–Trinajstić information content (AvgIpc) is 3.31. The van der Waals surface area contributed by atoms with E-state index in [9.17, 15) is 9.59 Å². The Morgan fingerprint density at radius 3 is 2.44 bits per heavy atom. The monoisotopic (exact) mass is 436 g/mol. The number of likely N-dealkylation sites (tertiary alicyclic amines) is 1. The number of rotatable bonds is 3. The predicted octanol–water partition coefficient (Wildman–Crippen LogP) is 3.81. The van der Waals surface area contributed by atoms with Crippen molar-refractivity contribution in [1.82, 2.24) is 9.80 Å². The molecule has 32 heavy (non-hydrogen) atoms. The first kappa shape index (κ1) is 21.3. The van der Waals surface area contributed by atoms with Crippen molar-refractivity contribution in [3.05, 3.63) is 58.5 Å². The van der Waals surface area contributed by atoms with Crippen molar-refractivity contribution in [3.63, 3.8) is 0 Å². The van der Waals surface area contributed by atoms with Gasteiger partial charge in [-0.15, -0.1) is 0 Å². The lowest BCUT2D eigenvalue weighted by Gasteiger charge is -2.40. The van der Waals surface area contributed by atoms with Crippen LogP contribution in [0, 0.1) is 13.8 Å². The molecule has 1 aliphatic carbocycles. The number of ether oxygens (including phenoxy) is 1. The number of carbonyl (C=O) groups excluding carboxylic acids is 2. The second kappa shape index (κ2) is 8.39. The fourth-order valence-electron chi connectivity index (χ4n) is 5.99. The van der Waals surface area contributed by atoms with Crippen LogP contribution < -0.4 is 0 Å². The summed E-state index contributed by atoms with van der Waals surface area (Å²) < 4.78 is 11.0. The highest BCUT2D eigenvalue weighted by Gasteiger charge is 2.46. The molecule has 0 radical (unpaired) electrons. The van der Waals surface area contributed by atoms with E-state index in [4.69, 9.17) is 9.15 Å². The molecule has 2 aliphatic heterocycles. The van der Waals surface area contributed by atoms with Gasteiger partial charge in [0, 0.05) is 32.6 Å². The van der Waals surface area contributed by atoms with Crippen molar-refractivity contribution >= 4 is 11.8 Å². The number of hydrogen-bond donors (Lipinski definition) is 0. The van der Waals surface area contributed by atoms with E-state index >= 15 is 0 Å². The smallest absolute Gasteiger partial charge is 0.257 e. The molecule has 1 atom stereocenters. The van der Waals surface area contributed by atoms with Crippen LogP contribution in [0.15, 0.2) is 34.7 Å². The third-order valence-electron chi connectivity index (χ3n) is 7.67. The molecule has 3 heterocycles. The molecule has 170 valence electrons. The van der Waals surface area contributed by atoms with Gasteiger partial charge in [-0.25, -0.2) is 0 Å². The maximum absolute atomic E-state index is 13.1. The normalized spacial score (nSPS) is 22.2.